The molecule has 1 aromatic carbocycles. The van der Waals surface area contributed by atoms with Crippen molar-refractivity contribution >= 4 is 23.3 Å². The number of hydrogen-bond acceptors (Lipinski definition) is 3. The second-order valence-corrected chi connectivity index (χ2v) is 4.57. The minimum absolute atomic E-state index is 0.292. The summed E-state index contributed by atoms with van der Waals surface area (Å²) in [7, 11) is 0. The third-order valence-corrected chi connectivity index (χ3v) is 2.90. The molecule has 0 aliphatic rings. The van der Waals surface area contributed by atoms with Crippen LogP contribution in [0.25, 0.3) is 11.3 Å². The van der Waals surface area contributed by atoms with Gasteiger partial charge in [-0.2, -0.15) is 5.26 Å². The second kappa shape index (κ2) is 7.27. The number of anilines is 1. The summed E-state index contributed by atoms with van der Waals surface area (Å²) in [5.74, 6) is 0.372. The maximum Gasteiger partial charge on any atom is 0.319 e. The fourth-order valence-electron chi connectivity index (χ4n) is 1.69. The number of nitrogens with zero attached hydrogens (tertiary/aromatic N) is 2. The number of pyridine rings is 1. The van der Waals surface area contributed by atoms with E-state index in [-0.39, 0.29) is 6.03 Å². The van der Waals surface area contributed by atoms with Crippen molar-refractivity contribution in [3.05, 3.63) is 48.2 Å². The van der Waals surface area contributed by atoms with Gasteiger partial charge in [0.1, 0.15) is 6.07 Å². The van der Waals surface area contributed by atoms with Crippen LogP contribution in [0.1, 0.15) is 5.56 Å². The lowest BCUT2D eigenvalue weighted by molar-refractivity contribution is 0.252. The summed E-state index contributed by atoms with van der Waals surface area (Å²) in [6.07, 6.45) is 1.53. The van der Waals surface area contributed by atoms with E-state index in [4.69, 9.17) is 16.9 Å². The predicted molar refractivity (Wildman–Crippen MR) is 82.1 cm³/mol. The molecule has 0 bridgehead atoms. The van der Waals surface area contributed by atoms with Gasteiger partial charge in [-0.3, -0.25) is 4.98 Å². The Morgan fingerprint density at radius 2 is 2.00 bits per heavy atom. The van der Waals surface area contributed by atoms with Crippen LogP contribution in [0.3, 0.4) is 0 Å². The largest absolute Gasteiger partial charge is 0.337 e. The molecule has 0 radical (unpaired) electrons. The molecule has 2 amide bonds. The van der Waals surface area contributed by atoms with Gasteiger partial charge in [0, 0.05) is 29.9 Å². The molecule has 0 unspecified atom stereocenters. The fourth-order valence-corrected chi connectivity index (χ4v) is 1.79. The molecule has 0 aliphatic heterocycles. The summed E-state index contributed by atoms with van der Waals surface area (Å²) >= 11 is 5.49. The number of hydrogen-bond donors (Lipinski definition) is 2. The molecule has 1 heterocycles. The average Bonchev–Trinajstić information content (AvgIpc) is 2.54. The summed E-state index contributed by atoms with van der Waals surface area (Å²) in [6, 6.07) is 12.5. The maximum absolute atomic E-state index is 11.5. The van der Waals surface area contributed by atoms with Crippen molar-refractivity contribution in [1.29, 1.82) is 5.26 Å². The van der Waals surface area contributed by atoms with Gasteiger partial charge < -0.3 is 10.6 Å². The van der Waals surface area contributed by atoms with E-state index in [1.54, 1.807) is 24.3 Å². The third kappa shape index (κ3) is 4.20. The molecule has 106 valence electrons. The highest BCUT2D eigenvalue weighted by Crippen LogP contribution is 2.19. The molecule has 21 heavy (non-hydrogen) atoms. The predicted octanol–water partition coefficient (Wildman–Crippen LogP) is 2.98. The Morgan fingerprint density at radius 1 is 1.24 bits per heavy atom. The summed E-state index contributed by atoms with van der Waals surface area (Å²) in [6.45, 7) is 0.417. The van der Waals surface area contributed by atoms with Gasteiger partial charge in [-0.1, -0.05) is 12.1 Å². The molecule has 1 aromatic heterocycles. The van der Waals surface area contributed by atoms with Gasteiger partial charge in [-0.25, -0.2) is 4.79 Å². The Labute approximate surface area is 127 Å². The highest BCUT2D eigenvalue weighted by molar-refractivity contribution is 6.18. The molecular weight excluding hydrogens is 288 g/mol. The lowest BCUT2D eigenvalue weighted by atomic mass is 10.1. The molecule has 0 saturated heterocycles. The third-order valence-electron chi connectivity index (χ3n) is 2.71. The number of carbonyl (C=O) groups excluding carboxylic acids is 1. The molecule has 2 aromatic rings. The van der Waals surface area contributed by atoms with E-state index in [0.717, 1.165) is 11.3 Å². The number of amides is 2. The zero-order valence-corrected chi connectivity index (χ0v) is 11.9. The first-order chi connectivity index (χ1) is 10.2. The quantitative estimate of drug-likeness (QED) is 0.852. The molecule has 0 aliphatic carbocycles. The molecule has 2 rings (SSSR count). The zero-order chi connectivity index (χ0) is 15.1. The van der Waals surface area contributed by atoms with Gasteiger partial charge >= 0.3 is 6.03 Å². The summed E-state index contributed by atoms with van der Waals surface area (Å²) < 4.78 is 0. The normalized spacial score (nSPS) is 9.71. The van der Waals surface area contributed by atoms with Crippen LogP contribution in [0.5, 0.6) is 0 Å². The van der Waals surface area contributed by atoms with Gasteiger partial charge in [-0.15, -0.1) is 11.6 Å². The lowest BCUT2D eigenvalue weighted by Gasteiger charge is -2.07. The van der Waals surface area contributed by atoms with Crippen molar-refractivity contribution < 1.29 is 4.79 Å². The topological polar surface area (TPSA) is 77.8 Å². The molecule has 6 heteroatoms. The molecule has 5 nitrogen and oxygen atoms in total. The fraction of sp³-hybridized carbons (Fsp3) is 0.133. The van der Waals surface area contributed by atoms with Crippen LogP contribution in [-0.4, -0.2) is 23.4 Å². The Hall–Kier alpha value is -2.58. The van der Waals surface area contributed by atoms with E-state index in [1.165, 1.54) is 6.20 Å². The maximum atomic E-state index is 11.5. The van der Waals surface area contributed by atoms with Crippen molar-refractivity contribution in [2.45, 2.75) is 0 Å². The molecular formula is C15H13ClN4O. The average molecular weight is 301 g/mol. The minimum atomic E-state index is -0.292. The van der Waals surface area contributed by atoms with Crippen molar-refractivity contribution in [1.82, 2.24) is 10.3 Å². The summed E-state index contributed by atoms with van der Waals surface area (Å²) in [4.78, 5) is 15.7. The van der Waals surface area contributed by atoms with Crippen LogP contribution in [0.4, 0.5) is 10.5 Å². The number of nitriles is 1. The molecule has 0 fully saturated rings. The Balaban J connectivity index is 2.04. The van der Waals surface area contributed by atoms with Gasteiger partial charge in [0.05, 0.1) is 11.3 Å². The number of carbonyl (C=O) groups is 1. The standard InChI is InChI=1S/C15H13ClN4O/c16-7-8-18-15(21)20-13-4-2-12(3-5-13)14-6-1-11(9-17)10-19-14/h1-6,10H,7-8H2,(H2,18,20,21). The molecule has 2 N–H and O–H groups in total. The zero-order valence-electron chi connectivity index (χ0n) is 11.1. The number of nitrogens with one attached hydrogen (secondary N) is 2. The number of rotatable bonds is 4. The number of benzene rings is 1. The highest BCUT2D eigenvalue weighted by atomic mass is 35.5. The Bertz CT molecular complexity index is 647. The monoisotopic (exact) mass is 300 g/mol. The number of aromatic nitrogens is 1. The smallest absolute Gasteiger partial charge is 0.319 e. The molecule has 0 spiro atoms. The first-order valence-corrected chi connectivity index (χ1v) is 6.84. The summed E-state index contributed by atoms with van der Waals surface area (Å²) in [5, 5.41) is 14.1. The van der Waals surface area contributed by atoms with Crippen LogP contribution in [0.15, 0.2) is 42.6 Å². The SMILES string of the molecule is N#Cc1ccc(-c2ccc(NC(=O)NCCCl)cc2)nc1. The van der Waals surface area contributed by atoms with Gasteiger partial charge in [0.2, 0.25) is 0 Å². The van der Waals surface area contributed by atoms with Crippen molar-refractivity contribution in [2.75, 3.05) is 17.7 Å². The van der Waals surface area contributed by atoms with E-state index in [2.05, 4.69) is 15.6 Å². The van der Waals surface area contributed by atoms with Gasteiger partial charge in [-0.05, 0) is 24.3 Å². The lowest BCUT2D eigenvalue weighted by Crippen LogP contribution is -2.30. The number of alkyl halides is 1. The molecule has 0 saturated carbocycles. The van der Waals surface area contributed by atoms with Gasteiger partial charge in [0.25, 0.3) is 0 Å². The molecule has 0 atom stereocenters. The minimum Gasteiger partial charge on any atom is -0.337 e. The van der Waals surface area contributed by atoms with Crippen LogP contribution < -0.4 is 10.6 Å². The highest BCUT2D eigenvalue weighted by Gasteiger charge is 2.03. The van der Waals surface area contributed by atoms with Crippen molar-refractivity contribution in [3.8, 4) is 17.3 Å². The van der Waals surface area contributed by atoms with Crippen LogP contribution in [0.2, 0.25) is 0 Å². The van der Waals surface area contributed by atoms with E-state index in [9.17, 15) is 4.79 Å². The van der Waals surface area contributed by atoms with Crippen molar-refractivity contribution in [2.24, 2.45) is 0 Å². The van der Waals surface area contributed by atoms with Crippen LogP contribution in [0, 0.1) is 11.3 Å². The second-order valence-electron chi connectivity index (χ2n) is 4.19. The van der Waals surface area contributed by atoms with E-state index >= 15 is 0 Å². The van der Waals surface area contributed by atoms with E-state index in [0.29, 0.717) is 23.7 Å². The summed E-state index contributed by atoms with van der Waals surface area (Å²) in [5.41, 5.74) is 2.88. The Kier molecular flexibility index (Phi) is 5.13. The first kappa shape index (κ1) is 14.8. The van der Waals surface area contributed by atoms with E-state index < -0.39 is 0 Å². The van der Waals surface area contributed by atoms with Gasteiger partial charge in [0.15, 0.2) is 0 Å². The number of urea groups is 1. The van der Waals surface area contributed by atoms with E-state index in [1.807, 2.05) is 18.2 Å². The van der Waals surface area contributed by atoms with Crippen molar-refractivity contribution in [3.63, 3.8) is 0 Å². The first-order valence-electron chi connectivity index (χ1n) is 6.30. The van der Waals surface area contributed by atoms with Crippen LogP contribution in [-0.2, 0) is 0 Å². The van der Waals surface area contributed by atoms with Crippen LogP contribution >= 0.6 is 11.6 Å². The Morgan fingerprint density at radius 3 is 2.57 bits per heavy atom. The number of halogens is 1.